The topological polar surface area (TPSA) is 40.5 Å². The standard InChI is InChI=1S/C15H20FNO2/c1-9-7-10(2)11(3)17(8-9)14-12(15(18)19)5-4-6-13(14)16/h4-6,9-11H,7-8H2,1-3H3,(H,18,19). The maximum Gasteiger partial charge on any atom is 0.337 e. The van der Waals surface area contributed by atoms with E-state index in [-0.39, 0.29) is 17.3 Å². The minimum absolute atomic E-state index is 0.0492. The summed E-state index contributed by atoms with van der Waals surface area (Å²) in [6, 6.07) is 4.39. The molecule has 104 valence electrons. The van der Waals surface area contributed by atoms with Crippen molar-refractivity contribution < 1.29 is 14.3 Å². The van der Waals surface area contributed by atoms with E-state index in [1.165, 1.54) is 18.2 Å². The molecule has 1 N–H and O–H groups in total. The first kappa shape index (κ1) is 13.8. The molecule has 19 heavy (non-hydrogen) atoms. The number of halogens is 1. The monoisotopic (exact) mass is 265 g/mol. The van der Waals surface area contributed by atoms with Crippen LogP contribution >= 0.6 is 0 Å². The predicted octanol–water partition coefficient (Wildman–Crippen LogP) is 3.39. The number of hydrogen-bond donors (Lipinski definition) is 1. The quantitative estimate of drug-likeness (QED) is 0.891. The number of nitrogens with zero attached hydrogens (tertiary/aromatic N) is 1. The number of hydrogen-bond acceptors (Lipinski definition) is 2. The van der Waals surface area contributed by atoms with E-state index in [9.17, 15) is 14.3 Å². The van der Waals surface area contributed by atoms with Crippen LogP contribution in [-0.4, -0.2) is 23.7 Å². The molecular formula is C15H20FNO2. The first-order chi connectivity index (χ1) is 8.91. The van der Waals surface area contributed by atoms with Crippen LogP contribution in [0.25, 0.3) is 0 Å². The fourth-order valence-corrected chi connectivity index (χ4v) is 2.99. The second-order valence-corrected chi connectivity index (χ2v) is 5.65. The summed E-state index contributed by atoms with van der Waals surface area (Å²) >= 11 is 0. The van der Waals surface area contributed by atoms with Gasteiger partial charge in [-0.1, -0.05) is 19.9 Å². The summed E-state index contributed by atoms with van der Waals surface area (Å²) in [5.41, 5.74) is 0.286. The van der Waals surface area contributed by atoms with E-state index in [1.807, 2.05) is 11.8 Å². The van der Waals surface area contributed by atoms with Crippen molar-refractivity contribution in [3.8, 4) is 0 Å². The Bertz CT molecular complexity index is 489. The predicted molar refractivity (Wildman–Crippen MR) is 73.1 cm³/mol. The average molecular weight is 265 g/mol. The molecule has 3 unspecified atom stereocenters. The molecule has 1 aromatic carbocycles. The molecule has 3 atom stereocenters. The van der Waals surface area contributed by atoms with Crippen LogP contribution in [0.1, 0.15) is 37.6 Å². The fourth-order valence-electron chi connectivity index (χ4n) is 2.99. The van der Waals surface area contributed by atoms with Gasteiger partial charge in [0.15, 0.2) is 0 Å². The third kappa shape index (κ3) is 2.57. The highest BCUT2D eigenvalue weighted by Gasteiger charge is 2.32. The Balaban J connectivity index is 2.48. The SMILES string of the molecule is CC1CC(C)C(C)N(c2c(F)cccc2C(=O)O)C1. The largest absolute Gasteiger partial charge is 0.478 e. The van der Waals surface area contributed by atoms with E-state index in [1.54, 1.807) is 0 Å². The Hall–Kier alpha value is -1.58. The van der Waals surface area contributed by atoms with Crippen LogP contribution in [0.3, 0.4) is 0 Å². The number of aromatic carboxylic acids is 1. The van der Waals surface area contributed by atoms with Crippen LogP contribution in [0.5, 0.6) is 0 Å². The van der Waals surface area contributed by atoms with Gasteiger partial charge in [0.2, 0.25) is 0 Å². The molecule has 0 amide bonds. The molecule has 0 saturated carbocycles. The molecule has 4 heteroatoms. The van der Waals surface area contributed by atoms with Gasteiger partial charge in [-0.15, -0.1) is 0 Å². The normalized spacial score (nSPS) is 27.4. The van der Waals surface area contributed by atoms with Crippen LogP contribution in [0, 0.1) is 17.7 Å². The van der Waals surface area contributed by atoms with Crippen LogP contribution in [-0.2, 0) is 0 Å². The molecule has 1 saturated heterocycles. The van der Waals surface area contributed by atoms with E-state index >= 15 is 0 Å². The van der Waals surface area contributed by atoms with Crippen molar-refractivity contribution in [2.24, 2.45) is 11.8 Å². The number of carboxylic acids is 1. The second kappa shape index (κ2) is 5.19. The maximum absolute atomic E-state index is 14.1. The number of anilines is 1. The zero-order valence-corrected chi connectivity index (χ0v) is 11.6. The Morgan fingerprint density at radius 2 is 2.05 bits per heavy atom. The molecule has 0 radical (unpaired) electrons. The van der Waals surface area contributed by atoms with Gasteiger partial charge in [-0.3, -0.25) is 0 Å². The summed E-state index contributed by atoms with van der Waals surface area (Å²) in [4.78, 5) is 13.2. The lowest BCUT2D eigenvalue weighted by Crippen LogP contribution is -2.46. The lowest BCUT2D eigenvalue weighted by Gasteiger charge is -2.43. The highest BCUT2D eigenvalue weighted by Crippen LogP contribution is 2.34. The van der Waals surface area contributed by atoms with Gasteiger partial charge in [0.1, 0.15) is 5.82 Å². The third-order valence-electron chi connectivity index (χ3n) is 4.10. The van der Waals surface area contributed by atoms with Crippen molar-refractivity contribution in [1.82, 2.24) is 0 Å². The second-order valence-electron chi connectivity index (χ2n) is 5.65. The summed E-state index contributed by atoms with van der Waals surface area (Å²) in [5.74, 6) is -0.668. The molecule has 1 aliphatic rings. The molecule has 0 aliphatic carbocycles. The summed E-state index contributed by atoms with van der Waals surface area (Å²) in [6.07, 6.45) is 1.09. The van der Waals surface area contributed by atoms with Crippen molar-refractivity contribution >= 4 is 11.7 Å². The van der Waals surface area contributed by atoms with Gasteiger partial charge in [-0.25, -0.2) is 9.18 Å². The number of para-hydroxylation sites is 1. The number of benzene rings is 1. The first-order valence-corrected chi connectivity index (χ1v) is 6.70. The Labute approximate surface area is 113 Å². The molecule has 0 bridgehead atoms. The minimum Gasteiger partial charge on any atom is -0.478 e. The fraction of sp³-hybridized carbons (Fsp3) is 0.533. The van der Waals surface area contributed by atoms with Gasteiger partial charge in [-0.05, 0) is 37.3 Å². The summed E-state index contributed by atoms with van der Waals surface area (Å²) in [6.45, 7) is 6.99. The van der Waals surface area contributed by atoms with Crippen molar-refractivity contribution in [2.45, 2.75) is 33.2 Å². The highest BCUT2D eigenvalue weighted by atomic mass is 19.1. The number of carboxylic acid groups (broad SMARTS) is 1. The minimum atomic E-state index is -1.08. The van der Waals surface area contributed by atoms with E-state index < -0.39 is 11.8 Å². The van der Waals surface area contributed by atoms with Gasteiger partial charge < -0.3 is 10.0 Å². The molecular weight excluding hydrogens is 245 g/mol. The van der Waals surface area contributed by atoms with Gasteiger partial charge in [0.25, 0.3) is 0 Å². The number of rotatable bonds is 2. The van der Waals surface area contributed by atoms with Crippen LogP contribution in [0.2, 0.25) is 0 Å². The van der Waals surface area contributed by atoms with Crippen molar-refractivity contribution in [3.05, 3.63) is 29.6 Å². The average Bonchev–Trinajstić information content (AvgIpc) is 2.33. The molecule has 1 heterocycles. The smallest absolute Gasteiger partial charge is 0.337 e. The lowest BCUT2D eigenvalue weighted by atomic mass is 9.85. The summed E-state index contributed by atoms with van der Waals surface area (Å²) in [5, 5.41) is 9.25. The van der Waals surface area contributed by atoms with Crippen molar-refractivity contribution in [1.29, 1.82) is 0 Å². The zero-order chi connectivity index (χ0) is 14.2. The van der Waals surface area contributed by atoms with Crippen LogP contribution in [0.4, 0.5) is 10.1 Å². The zero-order valence-electron chi connectivity index (χ0n) is 11.6. The first-order valence-electron chi connectivity index (χ1n) is 6.70. The van der Waals surface area contributed by atoms with Gasteiger partial charge >= 0.3 is 5.97 Å². The molecule has 1 aromatic rings. The van der Waals surface area contributed by atoms with E-state index in [0.29, 0.717) is 18.4 Å². The highest BCUT2D eigenvalue weighted by molar-refractivity contribution is 5.94. The summed E-state index contributed by atoms with van der Waals surface area (Å²) < 4.78 is 14.1. The Kier molecular flexibility index (Phi) is 3.78. The van der Waals surface area contributed by atoms with Gasteiger partial charge in [0, 0.05) is 12.6 Å². The Morgan fingerprint density at radius 3 is 2.68 bits per heavy atom. The van der Waals surface area contributed by atoms with Crippen LogP contribution in [0.15, 0.2) is 18.2 Å². The number of carbonyl (C=O) groups is 1. The van der Waals surface area contributed by atoms with Gasteiger partial charge in [0.05, 0.1) is 11.3 Å². The van der Waals surface area contributed by atoms with E-state index in [2.05, 4.69) is 13.8 Å². The molecule has 1 aliphatic heterocycles. The van der Waals surface area contributed by atoms with E-state index in [4.69, 9.17) is 0 Å². The van der Waals surface area contributed by atoms with Crippen LogP contribution < -0.4 is 4.90 Å². The molecule has 2 rings (SSSR count). The van der Waals surface area contributed by atoms with E-state index in [0.717, 1.165) is 6.42 Å². The maximum atomic E-state index is 14.1. The molecule has 3 nitrogen and oxygen atoms in total. The lowest BCUT2D eigenvalue weighted by molar-refractivity contribution is 0.0696. The van der Waals surface area contributed by atoms with Gasteiger partial charge in [-0.2, -0.15) is 0 Å². The summed E-state index contributed by atoms with van der Waals surface area (Å²) in [7, 11) is 0. The van der Waals surface area contributed by atoms with Crippen molar-refractivity contribution in [3.63, 3.8) is 0 Å². The number of piperidine rings is 1. The Morgan fingerprint density at radius 1 is 1.37 bits per heavy atom. The third-order valence-corrected chi connectivity index (χ3v) is 4.10. The molecule has 0 aromatic heterocycles. The molecule has 1 fully saturated rings. The van der Waals surface area contributed by atoms with Crippen molar-refractivity contribution in [2.75, 3.05) is 11.4 Å². The molecule has 0 spiro atoms.